The molecule has 16 heavy (non-hydrogen) atoms. The molecule has 9 heteroatoms. The molecule has 90 valence electrons. The van der Waals surface area contributed by atoms with Crippen molar-refractivity contribution in [3.63, 3.8) is 0 Å². The molecule has 0 bridgehead atoms. The third-order valence-corrected chi connectivity index (χ3v) is 3.55. The maximum absolute atomic E-state index is 10.7. The Morgan fingerprint density at radius 2 is 2.12 bits per heavy atom. The van der Waals surface area contributed by atoms with Crippen LogP contribution >= 0.6 is 0 Å². The molecule has 1 rings (SSSR count). The molecule has 0 saturated carbocycles. The maximum atomic E-state index is 10.7. The quantitative estimate of drug-likeness (QED) is 0.304. The standard InChI is InChI=1S/C7H17N3O3S2.Na/c1-3-4-6-9(2)8-7(14)10(6)5-15(11,12)13;/h6-8,14H,3-5H2,1-2H3,(H,11,12,13);/q;+1/p-1. The molecule has 3 atom stereocenters. The van der Waals surface area contributed by atoms with Crippen LogP contribution in [0.15, 0.2) is 0 Å². The number of rotatable bonds is 4. The van der Waals surface area contributed by atoms with E-state index in [9.17, 15) is 13.0 Å². The van der Waals surface area contributed by atoms with E-state index in [4.69, 9.17) is 12.6 Å². The third-order valence-electron chi connectivity index (χ3n) is 2.46. The predicted octanol–water partition coefficient (Wildman–Crippen LogP) is -5.22. The van der Waals surface area contributed by atoms with Crippen molar-refractivity contribution in [1.29, 1.82) is 0 Å². The normalized spacial score (nSPS) is 31.4. The van der Waals surface area contributed by atoms with Gasteiger partial charge in [0.05, 0.1) is 0 Å². The summed E-state index contributed by atoms with van der Waals surface area (Å²) in [5, 5.41) is 1.79. The summed E-state index contributed by atoms with van der Waals surface area (Å²) in [6.07, 6.45) is 1.68. The molecule has 0 spiro atoms. The van der Waals surface area contributed by atoms with Crippen LogP contribution in [0.5, 0.6) is 0 Å². The van der Waals surface area contributed by atoms with Gasteiger partial charge in [-0.1, -0.05) is 6.92 Å². The second kappa shape index (κ2) is 6.91. The molecular formula is C7H16N3NaO3S2. The molecule has 1 heterocycles. The smallest absolute Gasteiger partial charge is 0.744 e. The molecule has 0 amide bonds. The van der Waals surface area contributed by atoms with Crippen LogP contribution in [0.4, 0.5) is 0 Å². The number of hydrogen-bond acceptors (Lipinski definition) is 6. The van der Waals surface area contributed by atoms with Gasteiger partial charge in [0.2, 0.25) is 0 Å². The SMILES string of the molecule is CCCC1N(C)NC([S-])[NH+]1CS(=O)(=O)[O-].[Na+]. The fourth-order valence-corrected chi connectivity index (χ4v) is 3.09. The third kappa shape index (κ3) is 4.79. The van der Waals surface area contributed by atoms with Crippen LogP contribution in [0.1, 0.15) is 19.8 Å². The van der Waals surface area contributed by atoms with Gasteiger partial charge >= 0.3 is 29.6 Å². The van der Waals surface area contributed by atoms with Crippen LogP contribution < -0.4 is 39.9 Å². The Morgan fingerprint density at radius 1 is 1.56 bits per heavy atom. The van der Waals surface area contributed by atoms with Gasteiger partial charge in [0.25, 0.3) is 0 Å². The summed E-state index contributed by atoms with van der Waals surface area (Å²) in [6.45, 7) is 2.01. The number of nitrogens with zero attached hydrogens (tertiary/aromatic N) is 1. The first-order valence-electron chi connectivity index (χ1n) is 4.79. The molecule has 1 saturated heterocycles. The van der Waals surface area contributed by atoms with Crippen LogP contribution in [0.25, 0.3) is 0 Å². The van der Waals surface area contributed by atoms with E-state index >= 15 is 0 Å². The minimum absolute atomic E-state index is 0. The minimum Gasteiger partial charge on any atom is -0.744 e. The summed E-state index contributed by atoms with van der Waals surface area (Å²) in [6, 6.07) is 0. The molecule has 1 aliphatic heterocycles. The van der Waals surface area contributed by atoms with E-state index in [-0.39, 0.29) is 35.7 Å². The average molecular weight is 277 g/mol. The van der Waals surface area contributed by atoms with E-state index < -0.39 is 21.5 Å². The molecule has 0 aromatic carbocycles. The van der Waals surface area contributed by atoms with Gasteiger partial charge in [0.1, 0.15) is 10.1 Å². The molecule has 3 unspecified atom stereocenters. The van der Waals surface area contributed by atoms with Gasteiger partial charge in [0, 0.05) is 19.0 Å². The largest absolute Gasteiger partial charge is 1.00 e. The number of hydrazine groups is 1. The summed E-state index contributed by atoms with van der Waals surface area (Å²) < 4.78 is 32.2. The first kappa shape index (κ1) is 17.1. The van der Waals surface area contributed by atoms with Crippen molar-refractivity contribution in [2.45, 2.75) is 31.4 Å². The Kier molecular flexibility index (Phi) is 7.40. The van der Waals surface area contributed by atoms with E-state index in [0.717, 1.165) is 12.8 Å². The van der Waals surface area contributed by atoms with Crippen LogP contribution in [0.2, 0.25) is 0 Å². The predicted molar refractivity (Wildman–Crippen MR) is 56.3 cm³/mol. The molecular weight excluding hydrogens is 261 g/mol. The number of nitrogens with one attached hydrogen (secondary N) is 2. The molecule has 1 aliphatic rings. The molecule has 6 nitrogen and oxygen atoms in total. The maximum Gasteiger partial charge on any atom is 1.00 e. The van der Waals surface area contributed by atoms with Gasteiger partial charge in [-0.3, -0.25) is 0 Å². The molecule has 0 radical (unpaired) electrons. The van der Waals surface area contributed by atoms with Crippen LogP contribution in [0.3, 0.4) is 0 Å². The van der Waals surface area contributed by atoms with E-state index in [1.54, 1.807) is 5.01 Å². The van der Waals surface area contributed by atoms with Gasteiger partial charge < -0.3 is 22.1 Å². The summed E-state index contributed by atoms with van der Waals surface area (Å²) in [4.78, 5) is 0.601. The van der Waals surface area contributed by atoms with E-state index in [1.165, 1.54) is 0 Å². The molecule has 0 aromatic heterocycles. The van der Waals surface area contributed by atoms with Crippen molar-refractivity contribution < 1.29 is 47.4 Å². The topological polar surface area (TPSA) is 76.9 Å². The van der Waals surface area contributed by atoms with Crippen LogP contribution in [-0.2, 0) is 22.7 Å². The zero-order valence-corrected chi connectivity index (χ0v) is 13.4. The molecule has 0 aliphatic carbocycles. The Balaban J connectivity index is 0.00000225. The minimum atomic E-state index is -4.24. The van der Waals surface area contributed by atoms with E-state index in [1.807, 2.05) is 14.0 Å². The first-order chi connectivity index (χ1) is 6.85. The summed E-state index contributed by atoms with van der Waals surface area (Å²) in [7, 11) is -2.43. The van der Waals surface area contributed by atoms with Crippen LogP contribution in [0, 0.1) is 0 Å². The van der Waals surface area contributed by atoms with Crippen molar-refractivity contribution in [1.82, 2.24) is 10.4 Å². The number of hydrogen-bond donors (Lipinski definition) is 2. The zero-order valence-electron chi connectivity index (χ0n) is 9.76. The number of quaternary nitrogens is 1. The van der Waals surface area contributed by atoms with E-state index in [2.05, 4.69) is 5.43 Å². The molecule has 0 aromatic rings. The summed E-state index contributed by atoms with van der Waals surface area (Å²) in [5.74, 6) is -0.455. The van der Waals surface area contributed by atoms with Gasteiger partial charge in [-0.2, -0.15) is 5.01 Å². The van der Waals surface area contributed by atoms with E-state index in [0.29, 0.717) is 4.90 Å². The van der Waals surface area contributed by atoms with Gasteiger partial charge in [-0.15, -0.1) is 0 Å². The van der Waals surface area contributed by atoms with Crippen molar-refractivity contribution in [2.24, 2.45) is 0 Å². The Morgan fingerprint density at radius 3 is 2.56 bits per heavy atom. The Hall–Kier alpha value is 1.14. The van der Waals surface area contributed by atoms with Gasteiger partial charge in [-0.05, 0) is 6.42 Å². The summed E-state index contributed by atoms with van der Waals surface area (Å²) >= 11 is 5.07. The fraction of sp³-hybridized carbons (Fsp3) is 1.00. The second-order valence-corrected chi connectivity index (χ2v) is 5.58. The Bertz CT molecular complexity index is 314. The van der Waals surface area contributed by atoms with Gasteiger partial charge in [-0.25, -0.2) is 13.8 Å². The van der Waals surface area contributed by atoms with Gasteiger partial charge in [0.15, 0.2) is 12.0 Å². The fourth-order valence-electron chi connectivity index (χ4n) is 1.81. The molecule has 1 fully saturated rings. The van der Waals surface area contributed by atoms with Crippen molar-refractivity contribution in [2.75, 3.05) is 12.9 Å². The molecule has 2 N–H and O–H groups in total. The van der Waals surface area contributed by atoms with Crippen molar-refractivity contribution in [3.8, 4) is 0 Å². The Labute approximate surface area is 124 Å². The summed E-state index contributed by atoms with van der Waals surface area (Å²) in [5.41, 5.74) is 2.48. The van der Waals surface area contributed by atoms with Crippen molar-refractivity contribution in [3.05, 3.63) is 0 Å². The zero-order chi connectivity index (χ0) is 11.6. The average Bonchev–Trinajstić information content (AvgIpc) is 2.30. The van der Waals surface area contributed by atoms with Crippen molar-refractivity contribution >= 4 is 22.7 Å². The monoisotopic (exact) mass is 277 g/mol. The second-order valence-electron chi connectivity index (χ2n) is 3.70. The van der Waals surface area contributed by atoms with Crippen LogP contribution in [-0.4, -0.2) is 42.6 Å². The first-order valence-corrected chi connectivity index (χ1v) is 6.84.